The Morgan fingerprint density at radius 1 is 1.27 bits per heavy atom. The summed E-state index contributed by atoms with van der Waals surface area (Å²) in [5.74, 6) is 0. The first-order chi connectivity index (χ1) is 5.43. The molecule has 55 valence electrons. The lowest BCUT2D eigenvalue weighted by Crippen LogP contribution is -1.80. The number of hydrogen-bond acceptors (Lipinski definition) is 0. The van der Waals surface area contributed by atoms with E-state index in [1.165, 1.54) is 5.56 Å². The number of aryl methyl sites for hydroxylation is 1. The van der Waals surface area contributed by atoms with E-state index in [2.05, 4.69) is 17.9 Å². The maximum absolute atomic E-state index is 5.09. The van der Waals surface area contributed by atoms with Crippen LogP contribution in [0.2, 0.25) is 0 Å². The average molecular weight is 143 g/mol. The van der Waals surface area contributed by atoms with Gasteiger partial charge in [-0.25, -0.2) is 0 Å². The molecule has 1 aromatic carbocycles. The normalized spacial score (nSPS) is 8.73. The number of hydrogen-bond donors (Lipinski definition) is 0. The van der Waals surface area contributed by atoms with Crippen LogP contribution in [0.15, 0.2) is 42.1 Å². The smallest absolute Gasteiger partial charge is 0.0126 e. The summed E-state index contributed by atoms with van der Waals surface area (Å²) in [6, 6.07) is 10.3. The van der Waals surface area contributed by atoms with E-state index >= 15 is 0 Å². The molecule has 0 amide bonds. The number of rotatable bonds is 3. The van der Waals surface area contributed by atoms with Crippen LogP contribution in [-0.2, 0) is 6.42 Å². The predicted molar refractivity (Wildman–Crippen MR) is 47.1 cm³/mol. The summed E-state index contributed by atoms with van der Waals surface area (Å²) in [5, 5.41) is 0. The molecule has 0 heteroatoms. The molecular weight excluding hydrogens is 132 g/mol. The Balaban J connectivity index is 2.45. The van der Waals surface area contributed by atoms with E-state index in [-0.39, 0.29) is 0 Å². The molecule has 0 N–H and O–H groups in total. The minimum atomic E-state index is 0.973. The molecule has 1 radical (unpaired) electrons. The lowest BCUT2D eigenvalue weighted by molar-refractivity contribution is 1.00. The van der Waals surface area contributed by atoms with Crippen molar-refractivity contribution in [3.8, 4) is 0 Å². The molecule has 0 bridgehead atoms. The summed E-state index contributed by atoms with van der Waals surface area (Å²) in [5.41, 5.74) is 3.86. The second-order valence-electron chi connectivity index (χ2n) is 2.40. The third-order valence-electron chi connectivity index (χ3n) is 1.54. The highest BCUT2D eigenvalue weighted by Crippen LogP contribution is 2.01. The Morgan fingerprint density at radius 2 is 2.00 bits per heavy atom. The van der Waals surface area contributed by atoms with Gasteiger partial charge in [0, 0.05) is 0 Å². The van der Waals surface area contributed by atoms with Crippen LogP contribution in [0.4, 0.5) is 0 Å². The van der Waals surface area contributed by atoms with Gasteiger partial charge in [0.25, 0.3) is 0 Å². The molecule has 0 saturated heterocycles. The fourth-order valence-electron chi connectivity index (χ4n) is 0.967. The van der Waals surface area contributed by atoms with Gasteiger partial charge in [-0.1, -0.05) is 30.3 Å². The van der Waals surface area contributed by atoms with Gasteiger partial charge in [0.1, 0.15) is 0 Å². The molecule has 1 aromatic rings. The minimum absolute atomic E-state index is 0.973. The fourth-order valence-corrected chi connectivity index (χ4v) is 0.967. The fraction of sp³-hybridized carbons (Fsp3) is 0.182. The van der Waals surface area contributed by atoms with E-state index in [9.17, 15) is 0 Å². The Kier molecular flexibility index (Phi) is 3.24. The summed E-state index contributed by atoms with van der Waals surface area (Å²) in [7, 11) is 0. The SMILES string of the molecule is [CH]=C=CCCc1ccccc1. The highest BCUT2D eigenvalue weighted by molar-refractivity contribution is 5.15. The first-order valence-corrected chi connectivity index (χ1v) is 3.75. The van der Waals surface area contributed by atoms with Gasteiger partial charge < -0.3 is 0 Å². The molecule has 0 spiro atoms. The lowest BCUT2D eigenvalue weighted by atomic mass is 10.1. The van der Waals surface area contributed by atoms with E-state index in [0.717, 1.165) is 12.8 Å². The summed E-state index contributed by atoms with van der Waals surface area (Å²) in [6.07, 6.45) is 3.87. The van der Waals surface area contributed by atoms with E-state index in [1.807, 2.05) is 24.3 Å². The molecule has 1 rings (SSSR count). The van der Waals surface area contributed by atoms with Crippen molar-refractivity contribution in [2.24, 2.45) is 0 Å². The van der Waals surface area contributed by atoms with Crippen LogP contribution in [0.1, 0.15) is 12.0 Å². The minimum Gasteiger partial charge on any atom is -0.125 e. The highest BCUT2D eigenvalue weighted by atomic mass is 13.9. The molecule has 0 unspecified atom stereocenters. The molecule has 0 aliphatic rings. The van der Waals surface area contributed by atoms with Crippen molar-refractivity contribution in [3.05, 3.63) is 54.3 Å². The molecule has 0 atom stereocenters. The zero-order valence-corrected chi connectivity index (χ0v) is 6.46. The Labute approximate surface area is 67.9 Å². The summed E-state index contributed by atoms with van der Waals surface area (Å²) in [6.45, 7) is 5.09. The second-order valence-corrected chi connectivity index (χ2v) is 2.40. The predicted octanol–water partition coefficient (Wildman–Crippen LogP) is 2.76. The topological polar surface area (TPSA) is 0 Å². The summed E-state index contributed by atoms with van der Waals surface area (Å²) < 4.78 is 0. The molecule has 11 heavy (non-hydrogen) atoms. The van der Waals surface area contributed by atoms with Gasteiger partial charge in [-0.3, -0.25) is 0 Å². The second kappa shape index (κ2) is 4.54. The average Bonchev–Trinajstić information content (AvgIpc) is 2.07. The van der Waals surface area contributed by atoms with E-state index in [0.29, 0.717) is 0 Å². The van der Waals surface area contributed by atoms with Gasteiger partial charge >= 0.3 is 0 Å². The maximum atomic E-state index is 5.09. The van der Waals surface area contributed by atoms with Crippen LogP contribution < -0.4 is 0 Å². The molecule has 0 heterocycles. The van der Waals surface area contributed by atoms with Crippen LogP contribution in [0, 0.1) is 6.58 Å². The zero-order valence-electron chi connectivity index (χ0n) is 6.46. The Bertz CT molecular complexity index is 240. The van der Waals surface area contributed by atoms with Gasteiger partial charge in [0.2, 0.25) is 0 Å². The summed E-state index contributed by atoms with van der Waals surface area (Å²) >= 11 is 0. The van der Waals surface area contributed by atoms with Crippen molar-refractivity contribution in [2.45, 2.75) is 12.8 Å². The van der Waals surface area contributed by atoms with Crippen molar-refractivity contribution in [2.75, 3.05) is 0 Å². The van der Waals surface area contributed by atoms with Crippen LogP contribution in [0.25, 0.3) is 0 Å². The third-order valence-corrected chi connectivity index (χ3v) is 1.54. The quantitative estimate of drug-likeness (QED) is 0.571. The van der Waals surface area contributed by atoms with Gasteiger partial charge in [-0.15, -0.1) is 5.73 Å². The van der Waals surface area contributed by atoms with Crippen molar-refractivity contribution >= 4 is 0 Å². The van der Waals surface area contributed by atoms with E-state index in [1.54, 1.807) is 0 Å². The molecule has 0 aliphatic heterocycles. The van der Waals surface area contributed by atoms with Crippen LogP contribution in [-0.4, -0.2) is 0 Å². The van der Waals surface area contributed by atoms with Crippen molar-refractivity contribution < 1.29 is 0 Å². The van der Waals surface area contributed by atoms with Crippen molar-refractivity contribution in [1.82, 2.24) is 0 Å². The lowest BCUT2D eigenvalue weighted by Gasteiger charge is -1.94. The van der Waals surface area contributed by atoms with Crippen molar-refractivity contribution in [3.63, 3.8) is 0 Å². The standard InChI is InChI=1S/C11H11/c1-2-3-5-8-11-9-6-4-7-10-11/h1,3-4,6-7,9-10H,5,8H2. The van der Waals surface area contributed by atoms with Crippen LogP contribution >= 0.6 is 0 Å². The van der Waals surface area contributed by atoms with Gasteiger partial charge in [-0.05, 0) is 31.1 Å². The first-order valence-electron chi connectivity index (χ1n) is 3.75. The molecule has 0 aliphatic carbocycles. The number of allylic oxidation sites excluding steroid dienone is 1. The van der Waals surface area contributed by atoms with Crippen LogP contribution in [0.3, 0.4) is 0 Å². The third kappa shape index (κ3) is 2.88. The molecule has 0 nitrogen and oxygen atoms in total. The van der Waals surface area contributed by atoms with Crippen molar-refractivity contribution in [1.29, 1.82) is 0 Å². The van der Waals surface area contributed by atoms with Gasteiger partial charge in [0.05, 0.1) is 0 Å². The Hall–Kier alpha value is -1.26. The highest BCUT2D eigenvalue weighted by Gasteiger charge is 1.86. The first kappa shape index (κ1) is 7.84. The molecule has 0 aromatic heterocycles. The molecule has 0 saturated carbocycles. The molecule has 0 fully saturated rings. The molecular formula is C11H11. The van der Waals surface area contributed by atoms with Gasteiger partial charge in [0.15, 0.2) is 0 Å². The zero-order chi connectivity index (χ0) is 7.94. The maximum Gasteiger partial charge on any atom is -0.0126 e. The number of benzene rings is 1. The monoisotopic (exact) mass is 143 g/mol. The van der Waals surface area contributed by atoms with E-state index < -0.39 is 0 Å². The van der Waals surface area contributed by atoms with Crippen LogP contribution in [0.5, 0.6) is 0 Å². The van der Waals surface area contributed by atoms with E-state index in [4.69, 9.17) is 6.58 Å². The van der Waals surface area contributed by atoms with Gasteiger partial charge in [-0.2, -0.15) is 0 Å². The Morgan fingerprint density at radius 3 is 2.64 bits per heavy atom. The summed E-state index contributed by atoms with van der Waals surface area (Å²) in [4.78, 5) is 0. The largest absolute Gasteiger partial charge is 0.125 e.